The second-order valence-corrected chi connectivity index (χ2v) is 5.62. The normalized spacial score (nSPS) is 13.7. The van der Waals surface area contributed by atoms with Crippen LogP contribution in [0, 0.1) is 5.92 Å². The highest BCUT2D eigenvalue weighted by Gasteiger charge is 2.35. The first-order valence-electron chi connectivity index (χ1n) is 5.84. The summed E-state index contributed by atoms with van der Waals surface area (Å²) in [5.41, 5.74) is -0.843. The van der Waals surface area contributed by atoms with E-state index in [0.717, 1.165) is 6.07 Å². The molecule has 1 aromatic heterocycles. The molecule has 108 valence electrons. The zero-order valence-corrected chi connectivity index (χ0v) is 12.2. The molecule has 1 aromatic rings. The van der Waals surface area contributed by atoms with Crippen LogP contribution in [-0.4, -0.2) is 22.7 Å². The summed E-state index contributed by atoms with van der Waals surface area (Å²) >= 11 is 2.97. The Labute approximate surface area is 118 Å². The van der Waals surface area contributed by atoms with Crippen molar-refractivity contribution in [3.63, 3.8) is 0 Å². The monoisotopic (exact) mass is 340 g/mol. The molecule has 0 aromatic carbocycles. The number of halogens is 4. The zero-order valence-electron chi connectivity index (χ0n) is 10.6. The van der Waals surface area contributed by atoms with Crippen LogP contribution in [0.2, 0.25) is 0 Å². The lowest BCUT2D eigenvalue weighted by Crippen LogP contribution is -2.27. The molecule has 1 unspecified atom stereocenters. The summed E-state index contributed by atoms with van der Waals surface area (Å²) in [5.74, 6) is 0.00448. The fraction of sp³-hybridized carbons (Fsp3) is 0.583. The molecule has 0 saturated heterocycles. The third-order valence-corrected chi connectivity index (χ3v) is 2.91. The first-order valence-corrected chi connectivity index (χ1v) is 6.63. The van der Waals surface area contributed by atoms with Crippen molar-refractivity contribution in [1.82, 2.24) is 4.98 Å². The average molecular weight is 341 g/mol. The SMILES string of the molecule is CC(C)CC(CO)Nc1ncc(Br)cc1C(F)(F)F. The van der Waals surface area contributed by atoms with Crippen LogP contribution in [0.15, 0.2) is 16.7 Å². The number of aliphatic hydroxyl groups excluding tert-OH is 1. The fourth-order valence-electron chi connectivity index (χ4n) is 1.71. The van der Waals surface area contributed by atoms with Crippen molar-refractivity contribution in [3.8, 4) is 0 Å². The summed E-state index contributed by atoms with van der Waals surface area (Å²) in [7, 11) is 0. The Balaban J connectivity index is 2.99. The van der Waals surface area contributed by atoms with Crippen molar-refractivity contribution < 1.29 is 18.3 Å². The van der Waals surface area contributed by atoms with E-state index >= 15 is 0 Å². The molecule has 1 heterocycles. The predicted octanol–water partition coefficient (Wildman–Crippen LogP) is 3.68. The van der Waals surface area contributed by atoms with Crippen molar-refractivity contribution in [2.45, 2.75) is 32.5 Å². The Hall–Kier alpha value is -0.820. The van der Waals surface area contributed by atoms with E-state index in [1.807, 2.05) is 13.8 Å². The number of aliphatic hydroxyl groups is 1. The standard InChI is InChI=1S/C12H16BrF3N2O/c1-7(2)3-9(6-19)18-11-10(12(14,15)16)4-8(13)5-17-11/h4-5,7,9,19H,3,6H2,1-2H3,(H,17,18). The summed E-state index contributed by atoms with van der Waals surface area (Å²) in [6.07, 6.45) is -2.64. The number of rotatable bonds is 5. The maximum Gasteiger partial charge on any atom is 0.419 e. The Bertz CT molecular complexity index is 424. The number of nitrogens with zero attached hydrogens (tertiary/aromatic N) is 1. The average Bonchev–Trinajstić information content (AvgIpc) is 2.28. The molecule has 3 nitrogen and oxygen atoms in total. The largest absolute Gasteiger partial charge is 0.419 e. The molecule has 0 bridgehead atoms. The molecule has 7 heteroatoms. The molecule has 0 aliphatic rings. The van der Waals surface area contributed by atoms with Gasteiger partial charge in [-0.25, -0.2) is 4.98 Å². The molecule has 1 rings (SSSR count). The third-order valence-electron chi connectivity index (χ3n) is 2.48. The first kappa shape index (κ1) is 16.2. The number of anilines is 1. The van der Waals surface area contributed by atoms with Gasteiger partial charge in [0.2, 0.25) is 0 Å². The highest BCUT2D eigenvalue weighted by Crippen LogP contribution is 2.35. The van der Waals surface area contributed by atoms with Crippen LogP contribution in [0.5, 0.6) is 0 Å². The number of pyridine rings is 1. The third kappa shape index (κ3) is 4.99. The number of hydrogen-bond donors (Lipinski definition) is 2. The molecule has 0 radical (unpaired) electrons. The Morgan fingerprint density at radius 3 is 2.53 bits per heavy atom. The van der Waals surface area contributed by atoms with Gasteiger partial charge in [0.05, 0.1) is 18.2 Å². The van der Waals surface area contributed by atoms with Crippen molar-refractivity contribution in [2.24, 2.45) is 5.92 Å². The van der Waals surface area contributed by atoms with Gasteiger partial charge in [-0.15, -0.1) is 0 Å². The van der Waals surface area contributed by atoms with Crippen molar-refractivity contribution in [1.29, 1.82) is 0 Å². The highest BCUT2D eigenvalue weighted by atomic mass is 79.9. The van der Waals surface area contributed by atoms with Crippen LogP contribution in [-0.2, 0) is 6.18 Å². The van der Waals surface area contributed by atoms with Crippen LogP contribution in [0.1, 0.15) is 25.8 Å². The van der Waals surface area contributed by atoms with E-state index in [0.29, 0.717) is 6.42 Å². The van der Waals surface area contributed by atoms with Crippen molar-refractivity contribution in [2.75, 3.05) is 11.9 Å². The molecule has 0 aliphatic carbocycles. The van der Waals surface area contributed by atoms with Gasteiger partial charge in [0.25, 0.3) is 0 Å². The second-order valence-electron chi connectivity index (χ2n) is 4.70. The van der Waals surface area contributed by atoms with Gasteiger partial charge in [-0.3, -0.25) is 0 Å². The summed E-state index contributed by atoms with van der Waals surface area (Å²) in [6, 6.07) is 0.522. The lowest BCUT2D eigenvalue weighted by atomic mass is 10.0. The molecular weight excluding hydrogens is 325 g/mol. The molecule has 0 spiro atoms. The first-order chi connectivity index (χ1) is 8.74. The van der Waals surface area contributed by atoms with E-state index in [1.165, 1.54) is 6.20 Å². The minimum atomic E-state index is -4.49. The number of aromatic nitrogens is 1. The minimum Gasteiger partial charge on any atom is -0.394 e. The van der Waals surface area contributed by atoms with Gasteiger partial charge < -0.3 is 10.4 Å². The van der Waals surface area contributed by atoms with Crippen LogP contribution in [0.3, 0.4) is 0 Å². The Morgan fingerprint density at radius 2 is 2.05 bits per heavy atom. The van der Waals surface area contributed by atoms with Crippen LogP contribution < -0.4 is 5.32 Å². The van der Waals surface area contributed by atoms with Gasteiger partial charge in [-0.1, -0.05) is 13.8 Å². The van der Waals surface area contributed by atoms with Gasteiger partial charge in [-0.2, -0.15) is 13.2 Å². The second kappa shape index (κ2) is 6.56. The lowest BCUT2D eigenvalue weighted by molar-refractivity contribution is -0.137. The lowest BCUT2D eigenvalue weighted by Gasteiger charge is -2.21. The quantitative estimate of drug-likeness (QED) is 0.859. The fourth-order valence-corrected chi connectivity index (χ4v) is 2.04. The van der Waals surface area contributed by atoms with E-state index < -0.39 is 17.8 Å². The zero-order chi connectivity index (χ0) is 14.6. The summed E-state index contributed by atoms with van der Waals surface area (Å²) in [6.45, 7) is 3.63. The van der Waals surface area contributed by atoms with E-state index in [-0.39, 0.29) is 22.8 Å². The minimum absolute atomic E-state index is 0.243. The van der Waals surface area contributed by atoms with Crippen LogP contribution in [0.4, 0.5) is 19.0 Å². The molecular formula is C12H16BrF3N2O. The maximum absolute atomic E-state index is 12.9. The van der Waals surface area contributed by atoms with Crippen molar-refractivity contribution >= 4 is 21.7 Å². The van der Waals surface area contributed by atoms with Gasteiger partial charge in [0, 0.05) is 10.7 Å². The molecule has 0 amide bonds. The molecule has 0 saturated carbocycles. The summed E-state index contributed by atoms with van der Waals surface area (Å²) in [4.78, 5) is 3.75. The van der Waals surface area contributed by atoms with Gasteiger partial charge in [-0.05, 0) is 34.3 Å². The molecule has 19 heavy (non-hydrogen) atoms. The van der Waals surface area contributed by atoms with Gasteiger partial charge in [0.1, 0.15) is 5.82 Å². The van der Waals surface area contributed by atoms with Crippen LogP contribution in [0.25, 0.3) is 0 Å². The smallest absolute Gasteiger partial charge is 0.394 e. The molecule has 0 fully saturated rings. The topological polar surface area (TPSA) is 45.1 Å². The molecule has 0 aliphatic heterocycles. The number of nitrogens with one attached hydrogen (secondary N) is 1. The predicted molar refractivity (Wildman–Crippen MR) is 70.9 cm³/mol. The summed E-state index contributed by atoms with van der Waals surface area (Å²) in [5, 5.41) is 11.9. The van der Waals surface area contributed by atoms with Crippen LogP contribution >= 0.6 is 15.9 Å². The van der Waals surface area contributed by atoms with Crippen molar-refractivity contribution in [3.05, 3.63) is 22.3 Å². The maximum atomic E-state index is 12.9. The van der Waals surface area contributed by atoms with Gasteiger partial charge >= 0.3 is 6.18 Å². The summed E-state index contributed by atoms with van der Waals surface area (Å²) < 4.78 is 38.9. The molecule has 2 N–H and O–H groups in total. The Morgan fingerprint density at radius 1 is 1.42 bits per heavy atom. The highest BCUT2D eigenvalue weighted by molar-refractivity contribution is 9.10. The number of alkyl halides is 3. The Kier molecular flexibility index (Phi) is 5.61. The van der Waals surface area contributed by atoms with E-state index in [2.05, 4.69) is 26.2 Å². The van der Waals surface area contributed by atoms with E-state index in [1.54, 1.807) is 0 Å². The van der Waals surface area contributed by atoms with Gasteiger partial charge in [0.15, 0.2) is 0 Å². The number of hydrogen-bond acceptors (Lipinski definition) is 3. The van der Waals surface area contributed by atoms with E-state index in [9.17, 15) is 18.3 Å². The van der Waals surface area contributed by atoms with E-state index in [4.69, 9.17) is 0 Å². The molecule has 1 atom stereocenters.